The van der Waals surface area contributed by atoms with Crippen molar-refractivity contribution in [3.8, 4) is 0 Å². The fourth-order valence-corrected chi connectivity index (χ4v) is 1.79. The van der Waals surface area contributed by atoms with Crippen LogP contribution in [0.4, 0.5) is 0 Å². The van der Waals surface area contributed by atoms with Gasteiger partial charge in [0.05, 0.1) is 12.1 Å². The second kappa shape index (κ2) is 7.24. The lowest BCUT2D eigenvalue weighted by molar-refractivity contribution is 0.0337. The van der Waals surface area contributed by atoms with E-state index in [0.717, 1.165) is 0 Å². The van der Waals surface area contributed by atoms with Crippen LogP contribution in [0.1, 0.15) is 27.6 Å². The Morgan fingerprint density at radius 3 is 2.05 bits per heavy atom. The highest BCUT2D eigenvalue weighted by Crippen LogP contribution is 2.04. The van der Waals surface area contributed by atoms with Gasteiger partial charge in [-0.3, -0.25) is 4.79 Å². The molecule has 2 aromatic carbocycles. The lowest BCUT2D eigenvalue weighted by atomic mass is 10.2. The van der Waals surface area contributed by atoms with Crippen molar-refractivity contribution in [2.75, 3.05) is 6.54 Å². The SMILES string of the molecule is CC(CNC(=O)c1ccccc1)OC(=O)c1ccccc1. The summed E-state index contributed by atoms with van der Waals surface area (Å²) in [6.07, 6.45) is -0.398. The zero-order chi connectivity index (χ0) is 15.1. The van der Waals surface area contributed by atoms with Crippen molar-refractivity contribution in [2.24, 2.45) is 0 Å². The largest absolute Gasteiger partial charge is 0.457 e. The molecule has 2 rings (SSSR count). The Morgan fingerprint density at radius 1 is 0.952 bits per heavy atom. The van der Waals surface area contributed by atoms with Gasteiger partial charge in [-0.2, -0.15) is 0 Å². The van der Waals surface area contributed by atoms with E-state index in [1.165, 1.54) is 0 Å². The van der Waals surface area contributed by atoms with E-state index >= 15 is 0 Å². The molecule has 0 radical (unpaired) electrons. The highest BCUT2D eigenvalue weighted by molar-refractivity contribution is 5.94. The zero-order valence-corrected chi connectivity index (χ0v) is 11.8. The molecule has 1 unspecified atom stereocenters. The molecular formula is C17H17NO3. The third-order valence-electron chi connectivity index (χ3n) is 2.90. The zero-order valence-electron chi connectivity index (χ0n) is 11.8. The molecule has 0 saturated carbocycles. The smallest absolute Gasteiger partial charge is 0.338 e. The second-order valence-corrected chi connectivity index (χ2v) is 4.66. The summed E-state index contributed by atoms with van der Waals surface area (Å²) in [5.41, 5.74) is 1.08. The fourth-order valence-electron chi connectivity index (χ4n) is 1.79. The van der Waals surface area contributed by atoms with Crippen LogP contribution in [0.25, 0.3) is 0 Å². The lowest BCUT2D eigenvalue weighted by Gasteiger charge is -2.14. The van der Waals surface area contributed by atoms with Crippen molar-refractivity contribution in [3.63, 3.8) is 0 Å². The maximum absolute atomic E-state index is 11.9. The molecule has 108 valence electrons. The number of carbonyl (C=O) groups excluding carboxylic acids is 2. The van der Waals surface area contributed by atoms with Crippen LogP contribution in [-0.4, -0.2) is 24.5 Å². The molecule has 2 aromatic rings. The normalized spacial score (nSPS) is 11.5. The molecule has 0 fully saturated rings. The lowest BCUT2D eigenvalue weighted by Crippen LogP contribution is -2.33. The van der Waals surface area contributed by atoms with Crippen LogP contribution in [0, 0.1) is 0 Å². The quantitative estimate of drug-likeness (QED) is 0.858. The number of ether oxygens (including phenoxy) is 1. The molecule has 0 spiro atoms. The first kappa shape index (κ1) is 14.8. The van der Waals surface area contributed by atoms with Crippen LogP contribution in [0.2, 0.25) is 0 Å². The fraction of sp³-hybridized carbons (Fsp3) is 0.176. The van der Waals surface area contributed by atoms with Gasteiger partial charge in [0.25, 0.3) is 5.91 Å². The van der Waals surface area contributed by atoms with Gasteiger partial charge in [-0.15, -0.1) is 0 Å². The number of carbonyl (C=O) groups is 2. The molecule has 0 saturated heterocycles. The van der Waals surface area contributed by atoms with Crippen molar-refractivity contribution in [1.82, 2.24) is 5.32 Å². The third-order valence-corrected chi connectivity index (χ3v) is 2.90. The molecule has 0 aliphatic rings. The molecule has 4 heteroatoms. The van der Waals surface area contributed by atoms with Crippen molar-refractivity contribution in [3.05, 3.63) is 71.8 Å². The molecule has 1 amide bonds. The minimum atomic E-state index is -0.398. The Hall–Kier alpha value is -2.62. The van der Waals surface area contributed by atoms with E-state index in [9.17, 15) is 9.59 Å². The second-order valence-electron chi connectivity index (χ2n) is 4.66. The molecule has 0 aliphatic carbocycles. The van der Waals surface area contributed by atoms with Gasteiger partial charge in [0, 0.05) is 5.56 Å². The summed E-state index contributed by atoms with van der Waals surface area (Å²) >= 11 is 0. The standard InChI is InChI=1S/C17H17NO3/c1-13(21-17(20)15-10-6-3-7-11-15)12-18-16(19)14-8-4-2-5-9-14/h2-11,13H,12H2,1H3,(H,18,19). The van der Waals surface area contributed by atoms with Crippen LogP contribution >= 0.6 is 0 Å². The van der Waals surface area contributed by atoms with Gasteiger partial charge in [0.1, 0.15) is 6.10 Å². The predicted molar refractivity (Wildman–Crippen MR) is 80.1 cm³/mol. The van der Waals surface area contributed by atoms with E-state index in [2.05, 4.69) is 5.32 Å². The van der Waals surface area contributed by atoms with Gasteiger partial charge in [-0.1, -0.05) is 36.4 Å². The topological polar surface area (TPSA) is 55.4 Å². The maximum atomic E-state index is 11.9. The summed E-state index contributed by atoms with van der Waals surface area (Å²) in [4.78, 5) is 23.7. The number of rotatable bonds is 5. The van der Waals surface area contributed by atoms with E-state index in [0.29, 0.717) is 11.1 Å². The van der Waals surface area contributed by atoms with Gasteiger partial charge in [-0.05, 0) is 31.2 Å². The van der Waals surface area contributed by atoms with Crippen LogP contribution < -0.4 is 5.32 Å². The molecule has 21 heavy (non-hydrogen) atoms. The van der Waals surface area contributed by atoms with E-state index < -0.39 is 12.1 Å². The van der Waals surface area contributed by atoms with Crippen molar-refractivity contribution >= 4 is 11.9 Å². The van der Waals surface area contributed by atoms with Crippen LogP contribution in [0.5, 0.6) is 0 Å². The highest BCUT2D eigenvalue weighted by Gasteiger charge is 2.13. The summed E-state index contributed by atoms with van der Waals surface area (Å²) in [5.74, 6) is -0.574. The first-order valence-corrected chi connectivity index (χ1v) is 6.76. The van der Waals surface area contributed by atoms with E-state index in [1.54, 1.807) is 55.5 Å². The number of benzene rings is 2. The summed E-state index contributed by atoms with van der Waals surface area (Å²) < 4.78 is 5.27. The molecule has 0 aliphatic heterocycles. The minimum absolute atomic E-state index is 0.182. The van der Waals surface area contributed by atoms with Crippen LogP contribution in [0.15, 0.2) is 60.7 Å². The maximum Gasteiger partial charge on any atom is 0.338 e. The Bertz CT molecular complexity index is 596. The van der Waals surface area contributed by atoms with Gasteiger partial charge >= 0.3 is 5.97 Å². The van der Waals surface area contributed by atoms with Gasteiger partial charge in [-0.25, -0.2) is 4.79 Å². The molecule has 1 atom stereocenters. The first-order valence-electron chi connectivity index (χ1n) is 6.76. The molecular weight excluding hydrogens is 266 g/mol. The summed E-state index contributed by atoms with van der Waals surface area (Å²) in [7, 11) is 0. The van der Waals surface area contributed by atoms with Crippen molar-refractivity contribution in [2.45, 2.75) is 13.0 Å². The number of esters is 1. The van der Waals surface area contributed by atoms with Crippen LogP contribution in [-0.2, 0) is 4.74 Å². The number of hydrogen-bond acceptors (Lipinski definition) is 3. The van der Waals surface area contributed by atoms with Crippen LogP contribution in [0.3, 0.4) is 0 Å². The number of amides is 1. The van der Waals surface area contributed by atoms with Gasteiger partial charge < -0.3 is 10.1 Å². The monoisotopic (exact) mass is 283 g/mol. The predicted octanol–water partition coefficient (Wildman–Crippen LogP) is 2.66. The summed E-state index contributed by atoms with van der Waals surface area (Å²) in [6, 6.07) is 17.7. The average Bonchev–Trinajstić information content (AvgIpc) is 2.54. The van der Waals surface area contributed by atoms with E-state index in [4.69, 9.17) is 4.74 Å². The molecule has 1 N–H and O–H groups in total. The first-order chi connectivity index (χ1) is 10.2. The summed E-state index contributed by atoms with van der Waals surface area (Å²) in [5, 5.41) is 2.74. The Labute approximate surface area is 123 Å². The minimum Gasteiger partial charge on any atom is -0.457 e. The summed E-state index contributed by atoms with van der Waals surface area (Å²) in [6.45, 7) is 2.01. The third kappa shape index (κ3) is 4.45. The van der Waals surface area contributed by atoms with Gasteiger partial charge in [0.15, 0.2) is 0 Å². The average molecular weight is 283 g/mol. The Morgan fingerprint density at radius 2 is 1.48 bits per heavy atom. The Balaban J connectivity index is 1.81. The van der Waals surface area contributed by atoms with E-state index in [-0.39, 0.29) is 12.5 Å². The number of nitrogens with one attached hydrogen (secondary N) is 1. The molecule has 0 heterocycles. The number of hydrogen-bond donors (Lipinski definition) is 1. The molecule has 0 aromatic heterocycles. The van der Waals surface area contributed by atoms with Gasteiger partial charge in [0.2, 0.25) is 0 Å². The van der Waals surface area contributed by atoms with Crippen molar-refractivity contribution in [1.29, 1.82) is 0 Å². The Kier molecular flexibility index (Phi) is 5.10. The highest BCUT2D eigenvalue weighted by atomic mass is 16.5. The molecule has 4 nitrogen and oxygen atoms in total. The molecule has 0 bridgehead atoms. The van der Waals surface area contributed by atoms with Crippen molar-refractivity contribution < 1.29 is 14.3 Å². The van der Waals surface area contributed by atoms with E-state index in [1.807, 2.05) is 12.1 Å².